The molecule has 0 atom stereocenters. The number of ether oxygens (including phenoxy) is 1. The molecule has 1 heterocycles. The summed E-state index contributed by atoms with van der Waals surface area (Å²) in [6.07, 6.45) is 0.947. The molecule has 0 aliphatic carbocycles. The molecule has 0 bridgehead atoms. The van der Waals surface area contributed by atoms with Gasteiger partial charge in [-0.15, -0.1) is 0 Å². The van der Waals surface area contributed by atoms with Crippen molar-refractivity contribution < 1.29 is 4.74 Å². The number of nitrogens with one attached hydrogen (secondary N) is 1. The van der Waals surface area contributed by atoms with Gasteiger partial charge < -0.3 is 15.5 Å². The quantitative estimate of drug-likeness (QED) is 0.609. The molecule has 0 aliphatic heterocycles. The fourth-order valence-electron chi connectivity index (χ4n) is 1.61. The lowest BCUT2D eigenvalue weighted by Gasteiger charge is -1.98. The van der Waals surface area contributed by atoms with Gasteiger partial charge in [-0.2, -0.15) is 11.8 Å². The van der Waals surface area contributed by atoms with E-state index in [1.165, 1.54) is 0 Å². The average Bonchev–Trinajstić information content (AvgIpc) is 2.70. The number of nitrogen functional groups attached to an aromatic ring is 1. The number of thioether (sulfide) groups is 1. The predicted molar refractivity (Wildman–Crippen MR) is 73.4 cm³/mol. The highest BCUT2D eigenvalue weighted by molar-refractivity contribution is 7.99. The first kappa shape index (κ1) is 12.3. The molecule has 0 amide bonds. The lowest BCUT2D eigenvalue weighted by molar-refractivity contribution is 0.218. The van der Waals surface area contributed by atoms with Crippen LogP contribution in [0.2, 0.25) is 0 Å². The van der Waals surface area contributed by atoms with Gasteiger partial charge in [-0.05, 0) is 18.2 Å². The number of hydrogen-bond acceptors (Lipinski definition) is 4. The van der Waals surface area contributed by atoms with E-state index in [-0.39, 0.29) is 0 Å². The first-order valence-corrected chi connectivity index (χ1v) is 6.76. The maximum atomic E-state index is 5.72. The van der Waals surface area contributed by atoms with Crippen LogP contribution in [0.25, 0.3) is 11.0 Å². The zero-order valence-electron chi connectivity index (χ0n) is 9.90. The van der Waals surface area contributed by atoms with Crippen LogP contribution in [-0.4, -0.2) is 35.2 Å². The molecular weight excluding hydrogens is 234 g/mol. The van der Waals surface area contributed by atoms with Crippen LogP contribution in [0.5, 0.6) is 0 Å². The third-order valence-corrected chi connectivity index (χ3v) is 3.42. The third kappa shape index (κ3) is 3.38. The maximum absolute atomic E-state index is 5.72. The number of nitrogens with zero attached hydrogens (tertiary/aromatic N) is 1. The highest BCUT2D eigenvalue weighted by atomic mass is 32.2. The molecule has 1 aromatic heterocycles. The van der Waals surface area contributed by atoms with E-state index in [2.05, 4.69) is 9.97 Å². The van der Waals surface area contributed by atoms with E-state index >= 15 is 0 Å². The second kappa shape index (κ2) is 5.93. The molecule has 5 heteroatoms. The molecule has 0 saturated heterocycles. The van der Waals surface area contributed by atoms with Crippen LogP contribution in [0.1, 0.15) is 5.82 Å². The van der Waals surface area contributed by atoms with E-state index < -0.39 is 0 Å². The summed E-state index contributed by atoms with van der Waals surface area (Å²) in [5.41, 5.74) is 8.49. The van der Waals surface area contributed by atoms with Crippen molar-refractivity contribution in [2.45, 2.75) is 6.42 Å². The van der Waals surface area contributed by atoms with Crippen LogP contribution in [-0.2, 0) is 11.2 Å². The van der Waals surface area contributed by atoms with Gasteiger partial charge in [0.25, 0.3) is 0 Å². The Labute approximate surface area is 105 Å². The summed E-state index contributed by atoms with van der Waals surface area (Å²) >= 11 is 1.88. The van der Waals surface area contributed by atoms with Crippen molar-refractivity contribution in [3.05, 3.63) is 24.0 Å². The van der Waals surface area contributed by atoms with Crippen molar-refractivity contribution in [3.63, 3.8) is 0 Å². The van der Waals surface area contributed by atoms with Gasteiger partial charge >= 0.3 is 0 Å². The molecular formula is C12H17N3OS. The van der Waals surface area contributed by atoms with Crippen LogP contribution in [0.3, 0.4) is 0 Å². The fourth-order valence-corrected chi connectivity index (χ4v) is 2.44. The Bertz CT molecular complexity index is 484. The van der Waals surface area contributed by atoms with Gasteiger partial charge in [0.15, 0.2) is 0 Å². The van der Waals surface area contributed by atoms with Gasteiger partial charge in [-0.1, -0.05) is 0 Å². The number of H-pyrrole nitrogens is 1. The van der Waals surface area contributed by atoms with E-state index in [9.17, 15) is 0 Å². The van der Waals surface area contributed by atoms with E-state index in [4.69, 9.17) is 10.5 Å². The number of fused-ring (bicyclic) bond motifs is 1. The molecule has 0 unspecified atom stereocenters. The third-order valence-electron chi connectivity index (χ3n) is 2.47. The standard InChI is InChI=1S/C12H17N3OS/c1-16-5-7-17-6-4-12-14-10-3-2-9(13)8-11(10)15-12/h2-3,8H,4-7,13H2,1H3,(H,14,15). The number of methoxy groups -OCH3 is 1. The topological polar surface area (TPSA) is 63.9 Å². The van der Waals surface area contributed by atoms with Gasteiger partial charge in [0.1, 0.15) is 5.82 Å². The SMILES string of the molecule is COCCSCCc1nc2ccc(N)cc2[nH]1. The summed E-state index contributed by atoms with van der Waals surface area (Å²) in [4.78, 5) is 7.81. The Hall–Kier alpha value is -1.20. The molecule has 2 aromatic rings. The average molecular weight is 251 g/mol. The summed E-state index contributed by atoms with van der Waals surface area (Å²) in [6.45, 7) is 0.807. The number of aryl methyl sites for hydroxylation is 1. The molecule has 4 nitrogen and oxygen atoms in total. The largest absolute Gasteiger partial charge is 0.399 e. The molecule has 0 spiro atoms. The van der Waals surface area contributed by atoms with E-state index in [0.717, 1.165) is 47.1 Å². The molecule has 3 N–H and O–H groups in total. The normalized spacial score (nSPS) is 11.1. The summed E-state index contributed by atoms with van der Waals surface area (Å²) in [7, 11) is 1.73. The predicted octanol–water partition coefficient (Wildman–Crippen LogP) is 2.07. The first-order valence-electron chi connectivity index (χ1n) is 5.60. The van der Waals surface area contributed by atoms with Gasteiger partial charge in [0.2, 0.25) is 0 Å². The minimum atomic E-state index is 0.766. The molecule has 2 rings (SSSR count). The van der Waals surface area contributed by atoms with E-state index in [1.54, 1.807) is 7.11 Å². The molecule has 0 fully saturated rings. The monoisotopic (exact) mass is 251 g/mol. The van der Waals surface area contributed by atoms with Gasteiger partial charge in [-0.3, -0.25) is 0 Å². The Kier molecular flexibility index (Phi) is 4.28. The fraction of sp³-hybridized carbons (Fsp3) is 0.417. The maximum Gasteiger partial charge on any atom is 0.108 e. The second-order valence-corrected chi connectivity index (χ2v) is 5.04. The van der Waals surface area contributed by atoms with E-state index in [0.29, 0.717) is 0 Å². The van der Waals surface area contributed by atoms with Crippen LogP contribution in [0.4, 0.5) is 5.69 Å². The lowest BCUT2D eigenvalue weighted by atomic mass is 10.3. The summed E-state index contributed by atoms with van der Waals surface area (Å²) < 4.78 is 5.00. The molecule has 17 heavy (non-hydrogen) atoms. The Morgan fingerprint density at radius 3 is 3.12 bits per heavy atom. The number of imidazole rings is 1. The lowest BCUT2D eigenvalue weighted by Crippen LogP contribution is -1.96. The van der Waals surface area contributed by atoms with Crippen LogP contribution >= 0.6 is 11.8 Å². The molecule has 0 aliphatic rings. The van der Waals surface area contributed by atoms with Crippen LogP contribution in [0, 0.1) is 0 Å². The minimum Gasteiger partial charge on any atom is -0.399 e. The first-order chi connectivity index (χ1) is 8.29. The summed E-state index contributed by atoms with van der Waals surface area (Å²) in [6, 6.07) is 5.74. The van der Waals surface area contributed by atoms with Crippen LogP contribution < -0.4 is 5.73 Å². The van der Waals surface area contributed by atoms with Crippen molar-refractivity contribution >= 4 is 28.5 Å². The second-order valence-electron chi connectivity index (χ2n) is 3.82. The van der Waals surface area contributed by atoms with Crippen molar-refractivity contribution in [2.24, 2.45) is 0 Å². The smallest absolute Gasteiger partial charge is 0.108 e. The van der Waals surface area contributed by atoms with Crippen molar-refractivity contribution in [2.75, 3.05) is 31.0 Å². The summed E-state index contributed by atoms with van der Waals surface area (Å²) in [5, 5.41) is 0. The van der Waals surface area contributed by atoms with Crippen molar-refractivity contribution in [3.8, 4) is 0 Å². The highest BCUT2D eigenvalue weighted by Gasteiger charge is 2.02. The number of hydrogen-bond donors (Lipinski definition) is 2. The summed E-state index contributed by atoms with van der Waals surface area (Å²) in [5.74, 6) is 3.11. The number of aromatic nitrogens is 2. The number of benzene rings is 1. The zero-order valence-corrected chi connectivity index (χ0v) is 10.7. The number of nitrogens with two attached hydrogens (primary N) is 1. The number of rotatable bonds is 6. The van der Waals surface area contributed by atoms with E-state index in [1.807, 2.05) is 30.0 Å². The van der Waals surface area contributed by atoms with Crippen molar-refractivity contribution in [1.82, 2.24) is 9.97 Å². The molecule has 92 valence electrons. The zero-order chi connectivity index (χ0) is 12.1. The number of aromatic amines is 1. The van der Waals surface area contributed by atoms with Crippen LogP contribution in [0.15, 0.2) is 18.2 Å². The van der Waals surface area contributed by atoms with Gasteiger partial charge in [-0.25, -0.2) is 4.98 Å². The molecule has 1 aromatic carbocycles. The number of anilines is 1. The highest BCUT2D eigenvalue weighted by Crippen LogP contribution is 2.15. The molecule has 0 radical (unpaired) electrons. The van der Waals surface area contributed by atoms with Gasteiger partial charge in [0, 0.05) is 30.7 Å². The Morgan fingerprint density at radius 1 is 1.41 bits per heavy atom. The Morgan fingerprint density at radius 2 is 2.29 bits per heavy atom. The van der Waals surface area contributed by atoms with Gasteiger partial charge in [0.05, 0.1) is 17.6 Å². The minimum absolute atomic E-state index is 0.766. The molecule has 0 saturated carbocycles. The Balaban J connectivity index is 1.91. The van der Waals surface area contributed by atoms with Crippen molar-refractivity contribution in [1.29, 1.82) is 0 Å².